The molecule has 1 heterocycles. The molecule has 0 radical (unpaired) electrons. The third-order valence-corrected chi connectivity index (χ3v) is 2.27. The molecule has 1 saturated heterocycles. The molecule has 0 aromatic rings. The van der Waals surface area contributed by atoms with Gasteiger partial charge in [-0.25, -0.2) is 4.79 Å². The van der Waals surface area contributed by atoms with Gasteiger partial charge in [-0.3, -0.25) is 0 Å². The molecule has 0 spiro atoms. The molecule has 1 aliphatic heterocycles. The molecule has 0 aromatic carbocycles. The zero-order valence-electron chi connectivity index (χ0n) is 4.88. The molecule has 1 rings (SSSR count). The van der Waals surface area contributed by atoms with Crippen molar-refractivity contribution >= 4 is 17.1 Å². The van der Waals surface area contributed by atoms with Gasteiger partial charge >= 0.3 is 5.30 Å². The third kappa shape index (κ3) is 0.968. The predicted molar refractivity (Wildman–Crippen MR) is 33.0 cm³/mol. The standard InChI is InChI=1S/C5H8O2S/c1-3-4(2)8-5(6)7-3/h3-4H,1-2H3/t3-,4-/m1/s1. The maximum absolute atomic E-state index is 10.4. The maximum Gasteiger partial charge on any atom is 0.367 e. The fraction of sp³-hybridized carbons (Fsp3) is 0.800. The molecule has 0 aromatic heterocycles. The van der Waals surface area contributed by atoms with Gasteiger partial charge in [0.15, 0.2) is 0 Å². The fourth-order valence-corrected chi connectivity index (χ4v) is 1.28. The Balaban J connectivity index is 2.51. The van der Waals surface area contributed by atoms with Crippen molar-refractivity contribution in [1.29, 1.82) is 0 Å². The molecule has 1 fully saturated rings. The molecule has 46 valence electrons. The highest BCUT2D eigenvalue weighted by atomic mass is 32.2. The summed E-state index contributed by atoms with van der Waals surface area (Å²) in [5.74, 6) is 0. The van der Waals surface area contributed by atoms with Crippen LogP contribution in [-0.4, -0.2) is 16.7 Å². The quantitative estimate of drug-likeness (QED) is 0.469. The van der Waals surface area contributed by atoms with Gasteiger partial charge in [0.05, 0.1) is 0 Å². The number of hydrogen-bond donors (Lipinski definition) is 0. The van der Waals surface area contributed by atoms with E-state index < -0.39 is 0 Å². The Labute approximate surface area is 52.6 Å². The lowest BCUT2D eigenvalue weighted by atomic mass is 10.3. The Kier molecular flexibility index (Phi) is 1.47. The van der Waals surface area contributed by atoms with E-state index in [1.807, 2.05) is 13.8 Å². The van der Waals surface area contributed by atoms with Gasteiger partial charge in [-0.05, 0) is 25.6 Å². The maximum atomic E-state index is 10.4. The molecule has 0 saturated carbocycles. The minimum Gasteiger partial charge on any atom is -0.453 e. The van der Waals surface area contributed by atoms with Gasteiger partial charge in [0.25, 0.3) is 0 Å². The van der Waals surface area contributed by atoms with Crippen molar-refractivity contribution in [3.8, 4) is 0 Å². The van der Waals surface area contributed by atoms with Crippen LogP contribution in [0, 0.1) is 0 Å². The van der Waals surface area contributed by atoms with Gasteiger partial charge in [-0.1, -0.05) is 0 Å². The van der Waals surface area contributed by atoms with Gasteiger partial charge in [0, 0.05) is 5.25 Å². The van der Waals surface area contributed by atoms with E-state index in [-0.39, 0.29) is 11.4 Å². The Morgan fingerprint density at radius 3 is 2.38 bits per heavy atom. The summed E-state index contributed by atoms with van der Waals surface area (Å²) in [5, 5.41) is 0.201. The minimum atomic E-state index is -0.134. The van der Waals surface area contributed by atoms with Gasteiger partial charge < -0.3 is 4.74 Å². The van der Waals surface area contributed by atoms with Gasteiger partial charge in [0.2, 0.25) is 0 Å². The molecular weight excluding hydrogens is 124 g/mol. The Morgan fingerprint density at radius 2 is 2.25 bits per heavy atom. The van der Waals surface area contributed by atoms with E-state index in [2.05, 4.69) is 0 Å². The number of rotatable bonds is 0. The van der Waals surface area contributed by atoms with Crippen LogP contribution in [0.15, 0.2) is 0 Å². The number of thioether (sulfide) groups is 1. The molecule has 0 aliphatic carbocycles. The Bertz CT molecular complexity index is 101. The van der Waals surface area contributed by atoms with Crippen molar-refractivity contribution in [2.24, 2.45) is 0 Å². The number of hydrogen-bond acceptors (Lipinski definition) is 3. The molecule has 1 aliphatic rings. The van der Waals surface area contributed by atoms with E-state index in [1.165, 1.54) is 11.8 Å². The highest BCUT2D eigenvalue weighted by molar-refractivity contribution is 8.14. The van der Waals surface area contributed by atoms with Crippen molar-refractivity contribution in [2.45, 2.75) is 25.2 Å². The van der Waals surface area contributed by atoms with E-state index in [1.54, 1.807) is 0 Å². The van der Waals surface area contributed by atoms with Crippen LogP contribution in [-0.2, 0) is 4.74 Å². The van der Waals surface area contributed by atoms with Crippen LogP contribution < -0.4 is 0 Å². The number of carbonyl (C=O) groups is 1. The molecule has 2 nitrogen and oxygen atoms in total. The highest BCUT2D eigenvalue weighted by Crippen LogP contribution is 2.26. The SMILES string of the molecule is C[C@H]1OC(=O)S[C@@H]1C. The molecule has 3 heteroatoms. The Hall–Kier alpha value is -0.180. The third-order valence-electron chi connectivity index (χ3n) is 1.23. The summed E-state index contributed by atoms with van der Waals surface area (Å²) in [6.07, 6.45) is 0.104. The second kappa shape index (κ2) is 1.97. The van der Waals surface area contributed by atoms with E-state index in [0.717, 1.165) is 0 Å². The summed E-state index contributed by atoms with van der Waals surface area (Å²) < 4.78 is 4.80. The van der Waals surface area contributed by atoms with Crippen molar-refractivity contribution < 1.29 is 9.53 Å². The summed E-state index contributed by atoms with van der Waals surface area (Å²) in [6.45, 7) is 3.89. The first-order valence-corrected chi connectivity index (χ1v) is 3.45. The van der Waals surface area contributed by atoms with Crippen LogP contribution in [0.4, 0.5) is 4.79 Å². The van der Waals surface area contributed by atoms with Gasteiger partial charge in [-0.2, -0.15) is 0 Å². The first kappa shape index (κ1) is 5.95. The number of cyclic esters (lactones) is 1. The summed E-state index contributed by atoms with van der Waals surface area (Å²) in [5.41, 5.74) is 0. The van der Waals surface area contributed by atoms with Crippen LogP contribution in [0.25, 0.3) is 0 Å². The number of ether oxygens (including phenoxy) is 1. The summed E-state index contributed by atoms with van der Waals surface area (Å²) >= 11 is 1.27. The lowest BCUT2D eigenvalue weighted by Gasteiger charge is -2.02. The van der Waals surface area contributed by atoms with E-state index >= 15 is 0 Å². The predicted octanol–water partition coefficient (Wildman–Crippen LogP) is 1.65. The van der Waals surface area contributed by atoms with E-state index in [0.29, 0.717) is 5.25 Å². The zero-order chi connectivity index (χ0) is 6.15. The molecular formula is C5H8O2S. The lowest BCUT2D eigenvalue weighted by molar-refractivity contribution is 0.144. The summed E-state index contributed by atoms with van der Waals surface area (Å²) in [7, 11) is 0. The van der Waals surface area contributed by atoms with Crippen molar-refractivity contribution in [3.63, 3.8) is 0 Å². The topological polar surface area (TPSA) is 26.3 Å². The first-order chi connectivity index (χ1) is 3.70. The van der Waals surface area contributed by atoms with Gasteiger partial charge in [-0.15, -0.1) is 0 Å². The normalized spacial score (nSPS) is 37.5. The van der Waals surface area contributed by atoms with E-state index in [9.17, 15) is 4.79 Å². The summed E-state index contributed by atoms with van der Waals surface area (Å²) in [6, 6.07) is 0. The highest BCUT2D eigenvalue weighted by Gasteiger charge is 2.27. The number of carbonyl (C=O) groups excluding carboxylic acids is 1. The molecule has 0 amide bonds. The Morgan fingerprint density at radius 1 is 1.62 bits per heavy atom. The van der Waals surface area contributed by atoms with Crippen LogP contribution in [0.3, 0.4) is 0 Å². The van der Waals surface area contributed by atoms with Crippen LogP contribution in [0.1, 0.15) is 13.8 Å². The molecule has 0 bridgehead atoms. The first-order valence-electron chi connectivity index (χ1n) is 2.57. The van der Waals surface area contributed by atoms with Crippen LogP contribution >= 0.6 is 11.8 Å². The van der Waals surface area contributed by atoms with Gasteiger partial charge in [0.1, 0.15) is 6.10 Å². The molecule has 8 heavy (non-hydrogen) atoms. The molecule has 0 N–H and O–H groups in total. The second-order valence-electron chi connectivity index (χ2n) is 1.90. The lowest BCUT2D eigenvalue weighted by Crippen LogP contribution is -2.10. The van der Waals surface area contributed by atoms with E-state index in [4.69, 9.17) is 4.74 Å². The van der Waals surface area contributed by atoms with Crippen LogP contribution in [0.2, 0.25) is 0 Å². The fourth-order valence-electron chi connectivity index (χ4n) is 0.523. The smallest absolute Gasteiger partial charge is 0.367 e. The average molecular weight is 132 g/mol. The summed E-state index contributed by atoms with van der Waals surface area (Å²) in [4.78, 5) is 10.4. The van der Waals surface area contributed by atoms with Crippen molar-refractivity contribution in [2.75, 3.05) is 0 Å². The van der Waals surface area contributed by atoms with Crippen molar-refractivity contribution in [3.05, 3.63) is 0 Å². The average Bonchev–Trinajstić information content (AvgIpc) is 1.85. The molecule has 2 atom stereocenters. The zero-order valence-corrected chi connectivity index (χ0v) is 5.70. The minimum absolute atomic E-state index is 0.104. The monoisotopic (exact) mass is 132 g/mol. The molecule has 0 unspecified atom stereocenters. The largest absolute Gasteiger partial charge is 0.453 e. The van der Waals surface area contributed by atoms with Crippen molar-refractivity contribution in [1.82, 2.24) is 0 Å². The second-order valence-corrected chi connectivity index (χ2v) is 3.21. The van der Waals surface area contributed by atoms with Crippen LogP contribution in [0.5, 0.6) is 0 Å².